The van der Waals surface area contributed by atoms with Crippen molar-refractivity contribution < 1.29 is 31.6 Å². The molecule has 0 saturated carbocycles. The van der Waals surface area contributed by atoms with Gasteiger partial charge < -0.3 is 9.80 Å². The standard InChI is InChI=1S/C15H25N5O7S/c1-17-7-3-4-10(17)8-13(21)18(2)16-14(22)12-6-5-11-9-19(12)15(23)20(11)27-28(24,25)26/h10-12H,3-9H2,1-2H3,(H,16,22)(H,24,25,26)/t10?,11-,12+/m0/s1. The van der Waals surface area contributed by atoms with E-state index in [0.717, 1.165) is 24.4 Å². The number of nitrogens with zero attached hydrogens (tertiary/aromatic N) is 4. The molecule has 0 aromatic rings. The monoisotopic (exact) mass is 419 g/mol. The minimum atomic E-state index is -4.84. The molecule has 0 aromatic carbocycles. The molecule has 158 valence electrons. The summed E-state index contributed by atoms with van der Waals surface area (Å²) in [6.07, 6.45) is 2.85. The lowest BCUT2D eigenvalue weighted by Gasteiger charge is -2.31. The molecule has 0 aromatic heterocycles. The van der Waals surface area contributed by atoms with E-state index in [2.05, 4.69) is 14.6 Å². The van der Waals surface area contributed by atoms with Crippen LogP contribution in [0.5, 0.6) is 0 Å². The molecule has 1 unspecified atom stereocenters. The molecule has 3 atom stereocenters. The maximum atomic E-state index is 12.6. The Morgan fingerprint density at radius 3 is 2.64 bits per heavy atom. The summed E-state index contributed by atoms with van der Waals surface area (Å²) >= 11 is 0. The average Bonchev–Trinajstić information content (AvgIpc) is 3.10. The fourth-order valence-corrected chi connectivity index (χ4v) is 4.37. The third-order valence-corrected chi connectivity index (χ3v) is 5.88. The minimum Gasteiger partial charge on any atom is -0.309 e. The van der Waals surface area contributed by atoms with E-state index in [1.165, 1.54) is 11.9 Å². The highest BCUT2D eigenvalue weighted by Crippen LogP contribution is 2.30. The number of hydrogen-bond donors (Lipinski definition) is 2. The van der Waals surface area contributed by atoms with Gasteiger partial charge in [-0.15, -0.1) is 4.28 Å². The zero-order chi connectivity index (χ0) is 20.6. The van der Waals surface area contributed by atoms with E-state index in [1.54, 1.807) is 0 Å². The van der Waals surface area contributed by atoms with E-state index < -0.39 is 34.4 Å². The number of likely N-dealkylation sites (tertiary alicyclic amines) is 1. The van der Waals surface area contributed by atoms with Crippen LogP contribution in [-0.2, 0) is 24.3 Å². The number of hydroxylamine groups is 2. The van der Waals surface area contributed by atoms with Crippen molar-refractivity contribution in [1.82, 2.24) is 25.3 Å². The summed E-state index contributed by atoms with van der Waals surface area (Å²) < 4.78 is 35.0. The topological polar surface area (TPSA) is 140 Å². The first-order chi connectivity index (χ1) is 13.1. The van der Waals surface area contributed by atoms with Crippen molar-refractivity contribution in [3.63, 3.8) is 0 Å². The van der Waals surface area contributed by atoms with Gasteiger partial charge in [0.05, 0.1) is 6.04 Å². The van der Waals surface area contributed by atoms with Crippen LogP contribution in [0.3, 0.4) is 0 Å². The second-order valence-electron chi connectivity index (χ2n) is 7.42. The summed E-state index contributed by atoms with van der Waals surface area (Å²) in [5.74, 6) is -0.763. The van der Waals surface area contributed by atoms with Crippen LogP contribution in [0.2, 0.25) is 0 Å². The third kappa shape index (κ3) is 4.37. The zero-order valence-electron chi connectivity index (χ0n) is 15.8. The predicted molar refractivity (Wildman–Crippen MR) is 94.6 cm³/mol. The normalized spacial score (nSPS) is 28.0. The molecule has 3 heterocycles. The Kier molecular flexibility index (Phi) is 5.79. The molecular formula is C15H25N5O7S. The van der Waals surface area contributed by atoms with E-state index in [9.17, 15) is 22.8 Å². The summed E-state index contributed by atoms with van der Waals surface area (Å²) in [6.45, 7) is 1.04. The van der Waals surface area contributed by atoms with Crippen LogP contribution in [0.4, 0.5) is 4.79 Å². The van der Waals surface area contributed by atoms with Crippen LogP contribution in [-0.4, -0.2) is 96.0 Å². The fourth-order valence-electron chi connectivity index (χ4n) is 3.98. The van der Waals surface area contributed by atoms with Crippen LogP contribution in [0.15, 0.2) is 0 Å². The Balaban J connectivity index is 1.57. The average molecular weight is 419 g/mol. The number of piperidine rings is 1. The number of urea groups is 1. The van der Waals surface area contributed by atoms with Gasteiger partial charge in [0.25, 0.3) is 5.91 Å². The quantitative estimate of drug-likeness (QED) is 0.426. The highest BCUT2D eigenvalue weighted by molar-refractivity contribution is 7.80. The van der Waals surface area contributed by atoms with Crippen molar-refractivity contribution in [2.75, 3.05) is 27.2 Å². The smallest absolute Gasteiger partial charge is 0.309 e. The van der Waals surface area contributed by atoms with Gasteiger partial charge in [0.2, 0.25) is 5.91 Å². The number of hydrogen-bond acceptors (Lipinski definition) is 7. The van der Waals surface area contributed by atoms with E-state index in [-0.39, 0.29) is 24.9 Å². The highest BCUT2D eigenvalue weighted by Gasteiger charge is 2.49. The maximum absolute atomic E-state index is 12.6. The lowest BCUT2D eigenvalue weighted by molar-refractivity contribution is -0.142. The van der Waals surface area contributed by atoms with E-state index in [1.807, 2.05) is 7.05 Å². The first kappa shape index (κ1) is 20.8. The number of rotatable bonds is 5. The van der Waals surface area contributed by atoms with Gasteiger partial charge >= 0.3 is 16.4 Å². The molecule has 0 spiro atoms. The molecule has 13 heteroatoms. The van der Waals surface area contributed by atoms with E-state index in [4.69, 9.17) is 4.55 Å². The largest absolute Gasteiger partial charge is 0.418 e. The number of hydrazine groups is 1. The summed E-state index contributed by atoms with van der Waals surface area (Å²) in [7, 11) is -1.42. The fraction of sp³-hybridized carbons (Fsp3) is 0.800. The predicted octanol–water partition coefficient (Wildman–Crippen LogP) is -1.04. The molecule has 3 aliphatic heterocycles. The highest BCUT2D eigenvalue weighted by atomic mass is 32.3. The SMILES string of the molecule is CN(NC(=O)[C@H]1CC[C@H]2CN1C(=O)N2OS(=O)(=O)O)C(=O)CC1CCCN1C. The number of amides is 4. The Morgan fingerprint density at radius 2 is 2.04 bits per heavy atom. The molecule has 2 bridgehead atoms. The van der Waals surface area contributed by atoms with Gasteiger partial charge in [-0.2, -0.15) is 13.5 Å². The van der Waals surface area contributed by atoms with Crippen LogP contribution in [0.1, 0.15) is 32.1 Å². The van der Waals surface area contributed by atoms with Crippen LogP contribution < -0.4 is 5.43 Å². The van der Waals surface area contributed by atoms with Gasteiger partial charge in [0, 0.05) is 26.1 Å². The molecule has 0 aliphatic carbocycles. The second kappa shape index (κ2) is 7.81. The Morgan fingerprint density at radius 1 is 1.32 bits per heavy atom. The van der Waals surface area contributed by atoms with E-state index >= 15 is 0 Å². The van der Waals surface area contributed by atoms with Crippen molar-refractivity contribution >= 4 is 28.2 Å². The Labute approximate surface area is 163 Å². The summed E-state index contributed by atoms with van der Waals surface area (Å²) in [5, 5.41) is 1.71. The van der Waals surface area contributed by atoms with Gasteiger partial charge in [-0.05, 0) is 39.3 Å². The molecule has 3 rings (SSSR count). The third-order valence-electron chi connectivity index (χ3n) is 5.53. The molecule has 3 fully saturated rings. The number of nitrogens with one attached hydrogen (secondary N) is 1. The summed E-state index contributed by atoms with van der Waals surface area (Å²) in [5.41, 5.74) is 2.51. The van der Waals surface area contributed by atoms with Crippen molar-refractivity contribution in [2.24, 2.45) is 0 Å². The van der Waals surface area contributed by atoms with Gasteiger partial charge in [0.1, 0.15) is 6.04 Å². The number of fused-ring (bicyclic) bond motifs is 2. The number of carbonyl (C=O) groups excluding carboxylic acids is 3. The van der Waals surface area contributed by atoms with Crippen molar-refractivity contribution in [2.45, 2.75) is 50.2 Å². The molecule has 3 saturated heterocycles. The second-order valence-corrected chi connectivity index (χ2v) is 8.42. The van der Waals surface area contributed by atoms with Crippen molar-refractivity contribution in [3.8, 4) is 0 Å². The van der Waals surface area contributed by atoms with Crippen molar-refractivity contribution in [3.05, 3.63) is 0 Å². The van der Waals surface area contributed by atoms with Gasteiger partial charge in [-0.1, -0.05) is 0 Å². The Bertz CT molecular complexity index is 760. The molecule has 12 nitrogen and oxygen atoms in total. The number of carbonyl (C=O) groups is 3. The van der Waals surface area contributed by atoms with Crippen LogP contribution >= 0.6 is 0 Å². The molecule has 0 radical (unpaired) electrons. The van der Waals surface area contributed by atoms with Crippen molar-refractivity contribution in [1.29, 1.82) is 0 Å². The molecular weight excluding hydrogens is 394 g/mol. The summed E-state index contributed by atoms with van der Waals surface area (Å²) in [6, 6.07) is -2.10. The van der Waals surface area contributed by atoms with Crippen LogP contribution in [0.25, 0.3) is 0 Å². The molecule has 3 aliphatic rings. The maximum Gasteiger partial charge on any atom is 0.418 e. The Hall–Kier alpha value is -1.96. The molecule has 28 heavy (non-hydrogen) atoms. The molecule has 2 N–H and O–H groups in total. The lowest BCUT2D eigenvalue weighted by Crippen LogP contribution is -2.55. The zero-order valence-corrected chi connectivity index (χ0v) is 16.6. The summed E-state index contributed by atoms with van der Waals surface area (Å²) in [4.78, 5) is 40.6. The van der Waals surface area contributed by atoms with Crippen LogP contribution in [0, 0.1) is 0 Å². The minimum absolute atomic E-state index is 0.0942. The first-order valence-corrected chi connectivity index (χ1v) is 10.5. The lowest BCUT2D eigenvalue weighted by atomic mass is 10.0. The first-order valence-electron chi connectivity index (χ1n) is 9.11. The molecule has 4 amide bonds. The van der Waals surface area contributed by atoms with Gasteiger partial charge in [0.15, 0.2) is 0 Å². The van der Waals surface area contributed by atoms with Gasteiger partial charge in [-0.3, -0.25) is 24.6 Å². The van der Waals surface area contributed by atoms with Gasteiger partial charge in [-0.25, -0.2) is 4.79 Å². The van der Waals surface area contributed by atoms with E-state index in [0.29, 0.717) is 17.9 Å².